The molecule has 0 amide bonds. The minimum absolute atomic E-state index is 0.193. The first-order chi connectivity index (χ1) is 11.9. The molecule has 0 bridgehead atoms. The Hall–Kier alpha value is -1.13. The van der Waals surface area contributed by atoms with Crippen LogP contribution in [0.15, 0.2) is 24.3 Å². The molecule has 0 saturated heterocycles. The minimum Gasteiger partial charge on any atom is -0.481 e. The number of aliphatic carboxylic acids is 1. The van der Waals surface area contributed by atoms with Crippen molar-refractivity contribution in [2.24, 2.45) is 11.8 Å². The Bertz CT molecular complexity index is 439. The molecule has 144 valence electrons. The van der Waals surface area contributed by atoms with E-state index in [0.29, 0.717) is 12.3 Å². The molecule has 3 N–H and O–H groups in total. The number of carboxylic acids is 1. The lowest BCUT2D eigenvalue weighted by Crippen LogP contribution is -2.22. The van der Waals surface area contributed by atoms with Gasteiger partial charge in [0.1, 0.15) is 0 Å². The molecule has 0 aliphatic heterocycles. The molecule has 1 aliphatic rings. The van der Waals surface area contributed by atoms with Crippen LogP contribution in [0, 0.1) is 11.8 Å². The van der Waals surface area contributed by atoms with Crippen LogP contribution < -0.4 is 0 Å². The number of carboxylic acid groups (broad SMARTS) is 1. The normalized spacial score (nSPS) is 26.5. The second-order valence-corrected chi connectivity index (χ2v) is 7.64. The highest BCUT2D eigenvalue weighted by atomic mass is 16.4. The third-order valence-electron chi connectivity index (χ3n) is 5.17. The fourth-order valence-corrected chi connectivity index (χ4v) is 3.54. The Morgan fingerprint density at radius 2 is 1.96 bits per heavy atom. The molecule has 0 aromatic rings. The van der Waals surface area contributed by atoms with Gasteiger partial charge in [0, 0.05) is 6.42 Å². The zero-order chi connectivity index (χ0) is 18.7. The van der Waals surface area contributed by atoms with Gasteiger partial charge in [-0.3, -0.25) is 4.79 Å². The number of allylic oxidation sites excluding steroid dienone is 3. The Morgan fingerprint density at radius 1 is 1.20 bits per heavy atom. The van der Waals surface area contributed by atoms with Gasteiger partial charge in [0.2, 0.25) is 0 Å². The molecular weight excluding hydrogens is 316 g/mol. The maximum Gasteiger partial charge on any atom is 0.303 e. The molecule has 1 rings (SSSR count). The topological polar surface area (TPSA) is 77.8 Å². The maximum absolute atomic E-state index is 10.5. The van der Waals surface area contributed by atoms with Crippen molar-refractivity contribution in [3.05, 3.63) is 24.3 Å². The second kappa shape index (κ2) is 11.5. The van der Waals surface area contributed by atoms with Crippen LogP contribution in [-0.4, -0.2) is 33.0 Å². The van der Waals surface area contributed by atoms with Gasteiger partial charge in [0.15, 0.2) is 0 Å². The summed E-state index contributed by atoms with van der Waals surface area (Å²) in [7, 11) is 0. The molecule has 0 heterocycles. The quantitative estimate of drug-likeness (QED) is 0.358. The maximum atomic E-state index is 10.5. The van der Waals surface area contributed by atoms with Gasteiger partial charge in [0.25, 0.3) is 0 Å². The van der Waals surface area contributed by atoms with Crippen LogP contribution >= 0.6 is 0 Å². The summed E-state index contributed by atoms with van der Waals surface area (Å²) in [6.45, 7) is 4.02. The zero-order valence-electron chi connectivity index (χ0n) is 15.9. The molecule has 4 heteroatoms. The lowest BCUT2D eigenvalue weighted by Gasteiger charge is -2.22. The van der Waals surface area contributed by atoms with Gasteiger partial charge in [-0.15, -0.1) is 0 Å². The number of aliphatic hydroxyl groups excluding tert-OH is 1. The number of rotatable bonds is 12. The van der Waals surface area contributed by atoms with Gasteiger partial charge < -0.3 is 15.3 Å². The molecule has 4 atom stereocenters. The highest BCUT2D eigenvalue weighted by molar-refractivity contribution is 5.66. The summed E-state index contributed by atoms with van der Waals surface area (Å²) in [4.78, 5) is 10.5. The highest BCUT2D eigenvalue weighted by Gasteiger charge is 2.32. The summed E-state index contributed by atoms with van der Waals surface area (Å²) in [6, 6.07) is 0. The van der Waals surface area contributed by atoms with Crippen LogP contribution in [-0.2, 0) is 4.79 Å². The van der Waals surface area contributed by atoms with E-state index in [0.717, 1.165) is 51.4 Å². The van der Waals surface area contributed by atoms with E-state index in [2.05, 4.69) is 19.1 Å². The average molecular weight is 353 g/mol. The van der Waals surface area contributed by atoms with Gasteiger partial charge in [-0.05, 0) is 57.3 Å². The molecule has 0 aromatic carbocycles. The molecule has 0 aromatic heterocycles. The molecule has 1 saturated carbocycles. The Kier molecular flexibility index (Phi) is 10.1. The molecule has 0 radical (unpaired) electrons. The number of carbonyl (C=O) groups is 1. The first kappa shape index (κ1) is 21.9. The second-order valence-electron chi connectivity index (χ2n) is 7.64. The van der Waals surface area contributed by atoms with Crippen molar-refractivity contribution in [3.63, 3.8) is 0 Å². The average Bonchev–Trinajstić information content (AvgIpc) is 2.89. The van der Waals surface area contributed by atoms with E-state index >= 15 is 0 Å². The van der Waals surface area contributed by atoms with Gasteiger partial charge in [0.05, 0.1) is 11.7 Å². The lowest BCUT2D eigenvalue weighted by atomic mass is 9.88. The van der Waals surface area contributed by atoms with E-state index in [-0.39, 0.29) is 18.4 Å². The first-order valence-corrected chi connectivity index (χ1v) is 9.82. The molecule has 1 fully saturated rings. The van der Waals surface area contributed by atoms with Gasteiger partial charge in [-0.1, -0.05) is 50.5 Å². The van der Waals surface area contributed by atoms with Crippen LogP contribution in [0.5, 0.6) is 0 Å². The van der Waals surface area contributed by atoms with Gasteiger partial charge in [-0.25, -0.2) is 0 Å². The van der Waals surface area contributed by atoms with E-state index in [4.69, 9.17) is 5.11 Å². The smallest absolute Gasteiger partial charge is 0.303 e. The Balaban J connectivity index is 2.45. The number of aliphatic hydroxyl groups is 2. The molecule has 2 unspecified atom stereocenters. The lowest BCUT2D eigenvalue weighted by molar-refractivity contribution is -0.137. The minimum atomic E-state index is -0.764. The summed E-state index contributed by atoms with van der Waals surface area (Å²) in [5.41, 5.74) is -0.764. The molecule has 25 heavy (non-hydrogen) atoms. The summed E-state index contributed by atoms with van der Waals surface area (Å²) in [6.07, 6.45) is 16.1. The summed E-state index contributed by atoms with van der Waals surface area (Å²) in [5.74, 6) is -0.259. The summed E-state index contributed by atoms with van der Waals surface area (Å²) < 4.78 is 0. The number of unbranched alkanes of at least 4 members (excludes halogenated alkanes) is 3. The molecule has 0 spiro atoms. The van der Waals surface area contributed by atoms with Crippen molar-refractivity contribution in [2.75, 3.05) is 0 Å². The number of hydrogen-bond donors (Lipinski definition) is 3. The van der Waals surface area contributed by atoms with Crippen molar-refractivity contribution in [2.45, 2.75) is 89.8 Å². The molecule has 1 aliphatic carbocycles. The van der Waals surface area contributed by atoms with Crippen molar-refractivity contribution in [3.8, 4) is 0 Å². The van der Waals surface area contributed by atoms with E-state index in [1.807, 2.05) is 19.1 Å². The van der Waals surface area contributed by atoms with E-state index in [1.165, 1.54) is 0 Å². The van der Waals surface area contributed by atoms with Crippen LogP contribution in [0.25, 0.3) is 0 Å². The van der Waals surface area contributed by atoms with Crippen LogP contribution in [0.2, 0.25) is 0 Å². The standard InChI is InChI=1S/C21H36O4/c1-3-4-9-15-21(2,25)16-14-17-12-13-19(22)18(17)10-7-5-6-8-11-20(23)24/h5,7,14,16-19,22,25H,3-4,6,8-13,15H2,1-2H3,(H,23,24)/t17?,18-,19+,21?/m1/s1. The number of hydrogen-bond acceptors (Lipinski definition) is 3. The van der Waals surface area contributed by atoms with E-state index in [1.54, 1.807) is 0 Å². The summed E-state index contributed by atoms with van der Waals surface area (Å²) >= 11 is 0. The fourth-order valence-electron chi connectivity index (χ4n) is 3.54. The van der Waals surface area contributed by atoms with Crippen LogP contribution in [0.4, 0.5) is 0 Å². The predicted octanol–water partition coefficient (Wildman–Crippen LogP) is 4.46. The molecule has 4 nitrogen and oxygen atoms in total. The van der Waals surface area contributed by atoms with Crippen molar-refractivity contribution in [1.82, 2.24) is 0 Å². The Morgan fingerprint density at radius 3 is 2.64 bits per heavy atom. The zero-order valence-corrected chi connectivity index (χ0v) is 15.9. The van der Waals surface area contributed by atoms with E-state index < -0.39 is 11.6 Å². The third kappa shape index (κ3) is 9.22. The molecular formula is C21H36O4. The summed E-state index contributed by atoms with van der Waals surface area (Å²) in [5, 5.41) is 29.3. The predicted molar refractivity (Wildman–Crippen MR) is 101 cm³/mol. The van der Waals surface area contributed by atoms with Crippen molar-refractivity contribution in [1.29, 1.82) is 0 Å². The van der Waals surface area contributed by atoms with E-state index in [9.17, 15) is 15.0 Å². The highest BCUT2D eigenvalue weighted by Crippen LogP contribution is 2.36. The SMILES string of the molecule is CCCCCC(C)(O)C=CC1CC[C@H](O)[C@@H]1CC=CCCCC(=O)O. The van der Waals surface area contributed by atoms with Crippen molar-refractivity contribution < 1.29 is 20.1 Å². The fraction of sp³-hybridized carbons (Fsp3) is 0.762. The third-order valence-corrected chi connectivity index (χ3v) is 5.17. The largest absolute Gasteiger partial charge is 0.481 e. The van der Waals surface area contributed by atoms with Gasteiger partial charge >= 0.3 is 5.97 Å². The van der Waals surface area contributed by atoms with Crippen molar-refractivity contribution >= 4 is 5.97 Å². The van der Waals surface area contributed by atoms with Crippen LogP contribution in [0.1, 0.15) is 78.1 Å². The van der Waals surface area contributed by atoms with Crippen LogP contribution in [0.3, 0.4) is 0 Å². The van der Waals surface area contributed by atoms with Gasteiger partial charge in [-0.2, -0.15) is 0 Å². The Labute approximate surface area is 152 Å². The first-order valence-electron chi connectivity index (χ1n) is 9.82. The monoisotopic (exact) mass is 352 g/mol.